The van der Waals surface area contributed by atoms with Crippen LogP contribution >= 0.6 is 0 Å². The molecule has 0 aliphatic rings. The van der Waals surface area contributed by atoms with Crippen LogP contribution in [0, 0.1) is 25.6 Å². The second-order valence-electron chi connectivity index (χ2n) is 8.76. The molecule has 32 heavy (non-hydrogen) atoms. The average molecular weight is 438 g/mol. The van der Waals surface area contributed by atoms with Crippen molar-refractivity contribution in [1.29, 1.82) is 0 Å². The number of oxazole rings is 1. The van der Waals surface area contributed by atoms with Crippen molar-refractivity contribution >= 4 is 5.91 Å². The van der Waals surface area contributed by atoms with Crippen LogP contribution in [0.15, 0.2) is 53.1 Å². The molecule has 0 aliphatic carbocycles. The minimum Gasteiger partial charge on any atom is -0.447 e. The molecule has 0 spiro atoms. The Bertz CT molecular complexity index is 1040. The lowest BCUT2D eigenvalue weighted by Gasteiger charge is -2.31. The van der Waals surface area contributed by atoms with E-state index in [4.69, 9.17) is 4.42 Å². The molecule has 0 saturated carbocycles. The van der Waals surface area contributed by atoms with E-state index in [0.29, 0.717) is 30.9 Å². The molecule has 0 aliphatic heterocycles. The molecule has 1 atom stereocenters. The average Bonchev–Trinajstić information content (AvgIpc) is 3.23. The van der Waals surface area contributed by atoms with E-state index in [1.54, 1.807) is 12.1 Å². The quantitative estimate of drug-likeness (QED) is 0.486. The molecule has 0 saturated heterocycles. The third-order valence-corrected chi connectivity index (χ3v) is 5.91. The van der Waals surface area contributed by atoms with Gasteiger partial charge in [-0.05, 0) is 55.5 Å². The topological polar surface area (TPSA) is 58.4 Å². The first-order valence-electron chi connectivity index (χ1n) is 11.0. The van der Waals surface area contributed by atoms with Crippen molar-refractivity contribution in [1.82, 2.24) is 15.2 Å². The fourth-order valence-electron chi connectivity index (χ4n) is 3.49. The zero-order chi connectivity index (χ0) is 23.3. The maximum atomic E-state index is 13.0. The fourth-order valence-corrected chi connectivity index (χ4v) is 3.49. The Kier molecular flexibility index (Phi) is 7.80. The Morgan fingerprint density at radius 1 is 1.09 bits per heavy atom. The first-order valence-corrected chi connectivity index (χ1v) is 11.0. The normalized spacial score (nSPS) is 12.4. The predicted molar refractivity (Wildman–Crippen MR) is 124 cm³/mol. The summed E-state index contributed by atoms with van der Waals surface area (Å²) < 4.78 is 18.7. The molecular weight excluding hydrogens is 405 g/mol. The van der Waals surface area contributed by atoms with Crippen LogP contribution in [0.25, 0.3) is 0 Å². The Morgan fingerprint density at radius 2 is 1.81 bits per heavy atom. The van der Waals surface area contributed by atoms with E-state index in [2.05, 4.69) is 68.0 Å². The van der Waals surface area contributed by atoms with Crippen molar-refractivity contribution in [2.75, 3.05) is 0 Å². The van der Waals surface area contributed by atoms with Gasteiger partial charge in [0.25, 0.3) is 5.91 Å². The van der Waals surface area contributed by atoms with Gasteiger partial charge in [-0.15, -0.1) is 0 Å². The lowest BCUT2D eigenvalue weighted by molar-refractivity contribution is 0.0945. The Hall–Kier alpha value is -2.99. The number of aryl methyl sites for hydroxylation is 2. The lowest BCUT2D eigenvalue weighted by Crippen LogP contribution is -2.36. The van der Waals surface area contributed by atoms with Crippen LogP contribution in [0.4, 0.5) is 4.39 Å². The van der Waals surface area contributed by atoms with Crippen molar-refractivity contribution in [3.8, 4) is 0 Å². The molecule has 1 N–H and O–H groups in total. The highest BCUT2D eigenvalue weighted by Gasteiger charge is 2.22. The lowest BCUT2D eigenvalue weighted by atomic mass is 10.0. The van der Waals surface area contributed by atoms with E-state index in [9.17, 15) is 9.18 Å². The van der Waals surface area contributed by atoms with Crippen molar-refractivity contribution in [2.24, 2.45) is 5.92 Å². The van der Waals surface area contributed by atoms with E-state index >= 15 is 0 Å². The number of benzene rings is 2. The van der Waals surface area contributed by atoms with Crippen molar-refractivity contribution in [3.05, 3.63) is 88.4 Å². The molecule has 3 aromatic rings. The van der Waals surface area contributed by atoms with E-state index in [1.165, 1.54) is 35.1 Å². The first kappa shape index (κ1) is 23.7. The summed E-state index contributed by atoms with van der Waals surface area (Å²) in [6.45, 7) is 12.4. The van der Waals surface area contributed by atoms with Crippen LogP contribution < -0.4 is 5.32 Å². The van der Waals surface area contributed by atoms with Gasteiger partial charge in [0.05, 0.1) is 6.54 Å². The number of halogens is 1. The molecule has 1 amide bonds. The highest BCUT2D eigenvalue weighted by molar-refractivity contribution is 5.91. The van der Waals surface area contributed by atoms with Crippen molar-refractivity contribution < 1.29 is 13.6 Å². The second-order valence-corrected chi connectivity index (χ2v) is 8.76. The van der Waals surface area contributed by atoms with E-state index < -0.39 is 0 Å². The van der Waals surface area contributed by atoms with Gasteiger partial charge in [0, 0.05) is 19.1 Å². The van der Waals surface area contributed by atoms with Gasteiger partial charge in [0.2, 0.25) is 5.89 Å². The summed E-state index contributed by atoms with van der Waals surface area (Å²) in [7, 11) is 0. The number of rotatable bonds is 9. The molecule has 0 radical (unpaired) electrons. The molecule has 5 nitrogen and oxygen atoms in total. The highest BCUT2D eigenvalue weighted by Crippen LogP contribution is 2.20. The molecule has 170 valence electrons. The van der Waals surface area contributed by atoms with Crippen molar-refractivity contribution in [3.63, 3.8) is 0 Å². The Labute approximate surface area is 189 Å². The summed E-state index contributed by atoms with van der Waals surface area (Å²) in [6, 6.07) is 12.8. The minimum absolute atomic E-state index is 0.242. The fraction of sp³-hybridized carbons (Fsp3) is 0.385. The van der Waals surface area contributed by atoms with E-state index in [-0.39, 0.29) is 17.4 Å². The van der Waals surface area contributed by atoms with Crippen LogP contribution in [0.1, 0.15) is 59.4 Å². The summed E-state index contributed by atoms with van der Waals surface area (Å²) >= 11 is 0. The van der Waals surface area contributed by atoms with Gasteiger partial charge in [-0.1, -0.05) is 49.7 Å². The van der Waals surface area contributed by atoms with E-state index in [1.807, 2.05) is 0 Å². The Balaban J connectivity index is 1.68. The summed E-state index contributed by atoms with van der Waals surface area (Å²) in [6.07, 6.45) is 1.39. The monoisotopic (exact) mass is 437 g/mol. The number of carbonyl (C=O) groups is 1. The van der Waals surface area contributed by atoms with Crippen LogP contribution in [-0.2, 0) is 19.6 Å². The van der Waals surface area contributed by atoms with Crippen molar-refractivity contribution in [2.45, 2.75) is 60.3 Å². The van der Waals surface area contributed by atoms with Crippen LogP contribution in [0.5, 0.6) is 0 Å². The highest BCUT2D eigenvalue weighted by atomic mass is 19.1. The zero-order valence-corrected chi connectivity index (χ0v) is 19.5. The molecule has 2 aromatic carbocycles. The van der Waals surface area contributed by atoms with Gasteiger partial charge in [-0.2, -0.15) is 0 Å². The minimum atomic E-state index is -0.317. The van der Waals surface area contributed by atoms with E-state index in [0.717, 1.165) is 12.1 Å². The Morgan fingerprint density at radius 3 is 2.50 bits per heavy atom. The summed E-state index contributed by atoms with van der Waals surface area (Å²) in [4.78, 5) is 19.2. The van der Waals surface area contributed by atoms with Gasteiger partial charge < -0.3 is 9.73 Å². The molecule has 1 heterocycles. The van der Waals surface area contributed by atoms with Gasteiger partial charge in [-0.25, -0.2) is 9.37 Å². The van der Waals surface area contributed by atoms with Crippen LogP contribution in [-0.4, -0.2) is 21.8 Å². The zero-order valence-electron chi connectivity index (χ0n) is 19.5. The van der Waals surface area contributed by atoms with Gasteiger partial charge in [0.1, 0.15) is 12.1 Å². The molecule has 3 rings (SSSR count). The molecule has 1 aromatic heterocycles. The van der Waals surface area contributed by atoms with Crippen LogP contribution in [0.3, 0.4) is 0 Å². The molecular formula is C26H32FN3O2. The molecule has 6 heteroatoms. The number of nitrogens with one attached hydrogen (secondary N) is 1. The number of carbonyl (C=O) groups excluding carboxylic acids is 1. The number of aromatic nitrogens is 1. The molecule has 0 fully saturated rings. The third-order valence-electron chi connectivity index (χ3n) is 5.91. The second kappa shape index (κ2) is 10.6. The molecule has 0 unspecified atom stereocenters. The number of hydrogen-bond donors (Lipinski definition) is 1. The predicted octanol–water partition coefficient (Wildman–Crippen LogP) is 5.41. The maximum absolute atomic E-state index is 13.0. The van der Waals surface area contributed by atoms with Gasteiger partial charge >= 0.3 is 0 Å². The summed E-state index contributed by atoms with van der Waals surface area (Å²) in [5, 5.41) is 2.80. The smallest absolute Gasteiger partial charge is 0.273 e. The molecule has 0 bridgehead atoms. The maximum Gasteiger partial charge on any atom is 0.273 e. The number of nitrogens with zero attached hydrogens (tertiary/aromatic N) is 2. The number of amides is 1. The number of hydrogen-bond acceptors (Lipinski definition) is 4. The van der Waals surface area contributed by atoms with Gasteiger partial charge in [-0.3, -0.25) is 9.69 Å². The first-order chi connectivity index (χ1) is 15.2. The summed E-state index contributed by atoms with van der Waals surface area (Å²) in [5.74, 6) is 0.341. The standard InChI is InChI=1S/C26H32FN3O2/c1-17(2)20(5)30(14-22-12-18(3)6-7-19(22)4)15-25-29-24(16-32-25)26(31)28-13-21-8-10-23(27)11-9-21/h6-12,16-17,20H,13-15H2,1-5H3,(H,28,31)/t20-/m0/s1. The SMILES string of the molecule is Cc1ccc(C)c(CN(Cc2nc(C(=O)NCc3ccc(F)cc3)co2)[C@@H](C)C(C)C)c1. The summed E-state index contributed by atoms with van der Waals surface area (Å²) in [5.41, 5.74) is 4.82. The van der Waals surface area contributed by atoms with Gasteiger partial charge in [0.15, 0.2) is 5.69 Å². The third kappa shape index (κ3) is 6.26. The van der Waals surface area contributed by atoms with Crippen LogP contribution in [0.2, 0.25) is 0 Å². The largest absolute Gasteiger partial charge is 0.447 e.